The molecule has 0 aliphatic heterocycles. The van der Waals surface area contributed by atoms with Crippen molar-refractivity contribution in [1.82, 2.24) is 0 Å². The summed E-state index contributed by atoms with van der Waals surface area (Å²) in [6.45, 7) is 4.47. The Morgan fingerprint density at radius 3 is 1.74 bits per heavy atom. The van der Waals surface area contributed by atoms with Crippen molar-refractivity contribution in [2.75, 3.05) is 0 Å². The molecule has 0 unspecified atom stereocenters. The largest absolute Gasteiger partial charge is 2.00 e. The fourth-order valence-electron chi connectivity index (χ4n) is 4.66. The molecular weight excluding hydrogens is 570 g/mol. The molecule has 0 saturated carbocycles. The molecule has 0 radical (unpaired) electrons. The molecule has 2 aromatic rings. The van der Waals surface area contributed by atoms with E-state index in [9.17, 15) is 13.0 Å². The van der Waals surface area contributed by atoms with Crippen LogP contribution >= 0.6 is 0 Å². The molecule has 0 spiro atoms. The zero-order valence-corrected chi connectivity index (χ0v) is 26.7. The first kappa shape index (κ1) is 34.1. The first-order chi connectivity index (χ1) is 15.5. The van der Waals surface area contributed by atoms with Crippen LogP contribution in [0.1, 0.15) is 115 Å². The van der Waals surface area contributed by atoms with Gasteiger partial charge in [0.25, 0.3) is 0 Å². The molecule has 1 N–H and O–H groups in total. The van der Waals surface area contributed by atoms with E-state index in [1.54, 1.807) is 6.07 Å². The van der Waals surface area contributed by atoms with E-state index in [-0.39, 0.29) is 59.3 Å². The minimum atomic E-state index is -4.49. The van der Waals surface area contributed by atoms with Gasteiger partial charge in [0, 0.05) is 5.39 Å². The van der Waals surface area contributed by atoms with Gasteiger partial charge in [0.05, 0.1) is 4.90 Å². The fraction of sp³-hybridized carbons (Fsp3) is 0.643. The van der Waals surface area contributed by atoms with Gasteiger partial charge in [0.2, 0.25) is 0 Å². The van der Waals surface area contributed by atoms with Gasteiger partial charge in [-0.1, -0.05) is 115 Å². The van der Waals surface area contributed by atoms with Crippen molar-refractivity contribution in [1.29, 1.82) is 0 Å². The van der Waals surface area contributed by atoms with Crippen LogP contribution in [-0.2, 0) is 23.0 Å². The van der Waals surface area contributed by atoms with Gasteiger partial charge in [-0.05, 0) is 48.3 Å². The molecular formula is C28H44BaO4S. The Kier molecular flexibility index (Phi) is 19.4. The Labute approximate surface area is 248 Å². The van der Waals surface area contributed by atoms with Crippen LogP contribution in [0.4, 0.5) is 0 Å². The van der Waals surface area contributed by atoms with Crippen molar-refractivity contribution < 1.29 is 18.4 Å². The number of benzene rings is 2. The Morgan fingerprint density at radius 2 is 1.21 bits per heavy atom. The Hall–Kier alpha value is 0.141. The van der Waals surface area contributed by atoms with Gasteiger partial charge in [-0.3, -0.25) is 0 Å². The summed E-state index contributed by atoms with van der Waals surface area (Å²) in [5.41, 5.74) is 2.30. The molecule has 0 amide bonds. The number of hydrogen-bond acceptors (Lipinski definition) is 4. The summed E-state index contributed by atoms with van der Waals surface area (Å²) in [6, 6.07) is 9.38. The van der Waals surface area contributed by atoms with Crippen LogP contribution in [0, 0.1) is 0 Å². The quantitative estimate of drug-likeness (QED) is 0.104. The van der Waals surface area contributed by atoms with Crippen molar-refractivity contribution in [3.63, 3.8) is 0 Å². The van der Waals surface area contributed by atoms with Crippen LogP contribution in [-0.4, -0.2) is 67.3 Å². The van der Waals surface area contributed by atoms with E-state index in [0.717, 1.165) is 43.1 Å². The van der Waals surface area contributed by atoms with Crippen LogP contribution in [0.15, 0.2) is 35.2 Å². The molecule has 0 saturated heterocycles. The second-order valence-corrected chi connectivity index (χ2v) is 10.7. The van der Waals surface area contributed by atoms with E-state index < -0.39 is 10.1 Å². The third-order valence-electron chi connectivity index (χ3n) is 6.47. The third-order valence-corrected chi connectivity index (χ3v) is 7.35. The molecule has 2 aromatic carbocycles. The van der Waals surface area contributed by atoms with Gasteiger partial charge in [0.15, 0.2) is 0 Å². The molecule has 6 heteroatoms. The van der Waals surface area contributed by atoms with E-state index in [1.165, 1.54) is 82.3 Å². The van der Waals surface area contributed by atoms with Crippen LogP contribution in [0.3, 0.4) is 0 Å². The third kappa shape index (κ3) is 12.4. The van der Waals surface area contributed by atoms with Gasteiger partial charge in [0.1, 0.15) is 10.1 Å². The van der Waals surface area contributed by atoms with Crippen LogP contribution in [0.2, 0.25) is 0 Å². The summed E-state index contributed by atoms with van der Waals surface area (Å²) in [5, 5.41) is 1.54. The Morgan fingerprint density at radius 1 is 0.706 bits per heavy atom. The molecule has 4 nitrogen and oxygen atoms in total. The predicted molar refractivity (Wildman–Crippen MR) is 143 cm³/mol. The molecule has 34 heavy (non-hydrogen) atoms. The average molecular weight is 614 g/mol. The summed E-state index contributed by atoms with van der Waals surface area (Å²) in [4.78, 5) is -0.0598. The molecule has 0 heterocycles. The minimum absolute atomic E-state index is 0. The maximum absolute atomic E-state index is 11.9. The smallest absolute Gasteiger partial charge is 0.870 e. The van der Waals surface area contributed by atoms with Crippen LogP contribution in [0.25, 0.3) is 10.8 Å². The summed E-state index contributed by atoms with van der Waals surface area (Å²) in [6.07, 6.45) is 19.3. The standard InChI is InChI=1S/C28H44O3S.Ba.H2O/c1-3-5-7-9-11-13-15-18-24-22-25(19-16-14-12-10-8-6-4-2)28-26(23-24)20-17-21-27(28)32(29,30)31;;/h17,20-23H,3-16,18-19H2,1-2H3,(H,29,30,31);;1H2/q;+2;/p-2. The summed E-state index contributed by atoms with van der Waals surface area (Å²) in [5.74, 6) is 0. The van der Waals surface area contributed by atoms with E-state index in [1.807, 2.05) is 6.07 Å². The van der Waals surface area contributed by atoms with Crippen LogP contribution in [0.5, 0.6) is 0 Å². The molecule has 0 fully saturated rings. The second-order valence-electron chi connectivity index (χ2n) is 9.31. The molecule has 0 aliphatic carbocycles. The Bertz CT molecular complexity index is 912. The molecule has 188 valence electrons. The number of unbranched alkanes of at least 4 members (excludes halogenated alkanes) is 12. The van der Waals surface area contributed by atoms with E-state index in [0.29, 0.717) is 5.39 Å². The van der Waals surface area contributed by atoms with Gasteiger partial charge in [-0.2, -0.15) is 0 Å². The summed E-state index contributed by atoms with van der Waals surface area (Å²) >= 11 is 0. The first-order valence-corrected chi connectivity index (χ1v) is 14.4. The number of rotatable bonds is 17. The maximum Gasteiger partial charge on any atom is 2.00 e. The summed E-state index contributed by atoms with van der Waals surface area (Å²) in [7, 11) is -4.49. The van der Waals surface area contributed by atoms with E-state index >= 15 is 0 Å². The van der Waals surface area contributed by atoms with E-state index in [2.05, 4.69) is 26.0 Å². The van der Waals surface area contributed by atoms with Gasteiger partial charge in [-0.15, -0.1) is 0 Å². The molecule has 0 bridgehead atoms. The Balaban J connectivity index is 0.00000544. The topological polar surface area (TPSA) is 87.2 Å². The normalized spacial score (nSPS) is 11.3. The van der Waals surface area contributed by atoms with Gasteiger partial charge >= 0.3 is 48.9 Å². The maximum atomic E-state index is 11.9. The second kappa shape index (κ2) is 19.3. The first-order valence-electron chi connectivity index (χ1n) is 13.0. The number of hydrogen-bond donors (Lipinski definition) is 0. The number of fused-ring (bicyclic) bond motifs is 1. The average Bonchev–Trinajstić information content (AvgIpc) is 2.76. The number of aryl methyl sites for hydroxylation is 2. The summed E-state index contributed by atoms with van der Waals surface area (Å²) < 4.78 is 35.8. The predicted octanol–water partition coefficient (Wildman–Crippen LogP) is 7.77. The molecule has 0 aliphatic rings. The van der Waals surface area contributed by atoms with Crippen molar-refractivity contribution in [3.8, 4) is 0 Å². The van der Waals surface area contributed by atoms with Crippen molar-refractivity contribution in [2.45, 2.75) is 121 Å². The zero-order valence-electron chi connectivity index (χ0n) is 21.5. The monoisotopic (exact) mass is 614 g/mol. The molecule has 0 atom stereocenters. The van der Waals surface area contributed by atoms with Crippen molar-refractivity contribution in [2.24, 2.45) is 0 Å². The molecule has 2 rings (SSSR count). The fourth-order valence-corrected chi connectivity index (χ4v) is 5.40. The van der Waals surface area contributed by atoms with E-state index in [4.69, 9.17) is 0 Å². The minimum Gasteiger partial charge on any atom is -0.870 e. The van der Waals surface area contributed by atoms with Gasteiger partial charge < -0.3 is 10.0 Å². The van der Waals surface area contributed by atoms with Gasteiger partial charge in [-0.25, -0.2) is 8.42 Å². The van der Waals surface area contributed by atoms with Crippen LogP contribution < -0.4 is 0 Å². The SMILES string of the molecule is CCCCCCCCCc1cc(CCCCCCCCC)c2c(S(=O)(=O)[O-])cccc2c1.[Ba+2].[OH-]. The van der Waals surface area contributed by atoms with Crippen molar-refractivity contribution >= 4 is 69.8 Å². The van der Waals surface area contributed by atoms with Crippen molar-refractivity contribution in [3.05, 3.63) is 41.5 Å². The molecule has 0 aromatic heterocycles. The zero-order chi connectivity index (χ0) is 23.2.